The van der Waals surface area contributed by atoms with E-state index in [-0.39, 0.29) is 25.0 Å². The van der Waals surface area contributed by atoms with Gasteiger partial charge in [0.1, 0.15) is 6.54 Å². The van der Waals surface area contributed by atoms with Crippen molar-refractivity contribution >= 4 is 34.6 Å². The van der Waals surface area contributed by atoms with Crippen LogP contribution in [0.2, 0.25) is 0 Å². The second-order valence-corrected chi connectivity index (χ2v) is 7.09. The molecule has 0 aliphatic carbocycles. The summed E-state index contributed by atoms with van der Waals surface area (Å²) in [6.45, 7) is 0.682. The smallest absolute Gasteiger partial charge is 0.322 e. The summed E-state index contributed by atoms with van der Waals surface area (Å²) in [6.07, 6.45) is 0.932. The Balaban J connectivity index is 1.78. The first kappa shape index (κ1) is 15.2. The number of hydrogen-bond acceptors (Lipinski definition) is 5. The van der Waals surface area contributed by atoms with E-state index in [9.17, 15) is 9.59 Å². The van der Waals surface area contributed by atoms with Crippen molar-refractivity contribution < 1.29 is 14.7 Å². The maximum atomic E-state index is 12.0. The molecule has 22 heavy (non-hydrogen) atoms. The van der Waals surface area contributed by atoms with Crippen LogP contribution in [0.4, 0.5) is 0 Å². The van der Waals surface area contributed by atoms with Crippen molar-refractivity contribution in [2.45, 2.75) is 12.5 Å². The summed E-state index contributed by atoms with van der Waals surface area (Å²) < 4.78 is 0. The second kappa shape index (κ2) is 6.60. The summed E-state index contributed by atoms with van der Waals surface area (Å²) in [7, 11) is 0. The maximum absolute atomic E-state index is 12.0. The van der Waals surface area contributed by atoms with Gasteiger partial charge in [-0.3, -0.25) is 14.5 Å². The van der Waals surface area contributed by atoms with Crippen molar-refractivity contribution in [3.63, 3.8) is 0 Å². The van der Waals surface area contributed by atoms with Crippen LogP contribution in [-0.4, -0.2) is 41.5 Å². The highest BCUT2D eigenvalue weighted by Gasteiger charge is 2.31. The lowest BCUT2D eigenvalue weighted by Gasteiger charge is -2.34. The van der Waals surface area contributed by atoms with E-state index in [1.165, 1.54) is 15.3 Å². The van der Waals surface area contributed by atoms with Gasteiger partial charge in [-0.1, -0.05) is 6.07 Å². The first-order valence-corrected chi connectivity index (χ1v) is 8.73. The Hall–Kier alpha value is -1.70. The number of carboxylic acids is 1. The first-order chi connectivity index (χ1) is 10.6. The van der Waals surface area contributed by atoms with Gasteiger partial charge in [-0.2, -0.15) is 0 Å². The number of thiophene rings is 2. The van der Waals surface area contributed by atoms with Crippen LogP contribution in [0, 0.1) is 0 Å². The summed E-state index contributed by atoms with van der Waals surface area (Å²) >= 11 is 3.44. The van der Waals surface area contributed by atoms with E-state index in [4.69, 9.17) is 5.11 Å². The molecule has 7 heteroatoms. The minimum absolute atomic E-state index is 0.0885. The molecule has 2 N–H and O–H groups in total. The van der Waals surface area contributed by atoms with E-state index < -0.39 is 5.97 Å². The molecule has 5 nitrogen and oxygen atoms in total. The molecule has 0 bridgehead atoms. The van der Waals surface area contributed by atoms with Crippen LogP contribution in [0.3, 0.4) is 0 Å². The van der Waals surface area contributed by atoms with Gasteiger partial charge >= 0.3 is 5.97 Å². The Labute approximate surface area is 136 Å². The molecule has 3 rings (SSSR count). The standard InChI is InChI=1S/C15H16N2O3S2/c18-13(16-8-14(19)20)9-17-5-3-11-10(4-7-22-11)15(17)12-2-1-6-21-12/h1-2,4,6-7,15H,3,5,8-9H2,(H,16,18)(H,19,20). The van der Waals surface area contributed by atoms with Crippen molar-refractivity contribution in [1.29, 1.82) is 0 Å². The number of aliphatic carboxylic acids is 1. The van der Waals surface area contributed by atoms with Crippen molar-refractivity contribution in [3.05, 3.63) is 44.3 Å². The van der Waals surface area contributed by atoms with Crippen LogP contribution in [-0.2, 0) is 16.0 Å². The fourth-order valence-corrected chi connectivity index (χ4v) is 4.51. The number of rotatable bonds is 5. The minimum Gasteiger partial charge on any atom is -0.480 e. The average molecular weight is 336 g/mol. The van der Waals surface area contributed by atoms with E-state index in [2.05, 4.69) is 27.7 Å². The van der Waals surface area contributed by atoms with Gasteiger partial charge in [-0.15, -0.1) is 22.7 Å². The van der Waals surface area contributed by atoms with E-state index >= 15 is 0 Å². The molecule has 2 aromatic heterocycles. The van der Waals surface area contributed by atoms with Crippen LogP contribution in [0.25, 0.3) is 0 Å². The van der Waals surface area contributed by atoms with Crippen LogP contribution in [0.15, 0.2) is 29.0 Å². The van der Waals surface area contributed by atoms with Crippen LogP contribution in [0.1, 0.15) is 21.4 Å². The highest BCUT2D eigenvalue weighted by atomic mass is 32.1. The molecule has 1 amide bonds. The minimum atomic E-state index is -1.03. The van der Waals surface area contributed by atoms with Gasteiger partial charge < -0.3 is 10.4 Å². The molecule has 0 radical (unpaired) electrons. The third kappa shape index (κ3) is 3.21. The Bertz CT molecular complexity index is 666. The molecule has 0 aromatic carbocycles. The number of carboxylic acid groups (broad SMARTS) is 1. The molecule has 2 aromatic rings. The van der Waals surface area contributed by atoms with Gasteiger partial charge in [-0.05, 0) is 34.9 Å². The predicted octanol–water partition coefficient (Wildman–Crippen LogP) is 1.96. The van der Waals surface area contributed by atoms with Gasteiger partial charge in [0.25, 0.3) is 0 Å². The lowest BCUT2D eigenvalue weighted by Crippen LogP contribution is -2.43. The van der Waals surface area contributed by atoms with Crippen LogP contribution in [0.5, 0.6) is 0 Å². The van der Waals surface area contributed by atoms with Gasteiger partial charge in [0.2, 0.25) is 5.91 Å². The normalized spacial score (nSPS) is 17.9. The zero-order chi connectivity index (χ0) is 15.5. The molecule has 0 fully saturated rings. The van der Waals surface area contributed by atoms with Gasteiger partial charge in [0, 0.05) is 16.3 Å². The number of hydrogen-bond donors (Lipinski definition) is 2. The quantitative estimate of drug-likeness (QED) is 0.876. The van der Waals surface area contributed by atoms with E-state index in [0.717, 1.165) is 13.0 Å². The summed E-state index contributed by atoms with van der Waals surface area (Å²) in [5.74, 6) is -1.27. The molecular formula is C15H16N2O3S2. The molecule has 3 heterocycles. The molecule has 0 saturated heterocycles. The van der Waals surface area contributed by atoms with E-state index in [0.29, 0.717) is 0 Å². The SMILES string of the molecule is O=C(O)CNC(=O)CN1CCc2sccc2C1c1cccs1. The van der Waals surface area contributed by atoms with E-state index in [1.807, 2.05) is 11.4 Å². The maximum Gasteiger partial charge on any atom is 0.322 e. The van der Waals surface area contributed by atoms with Gasteiger partial charge in [-0.25, -0.2) is 0 Å². The van der Waals surface area contributed by atoms with Crippen molar-refractivity contribution in [1.82, 2.24) is 10.2 Å². The molecule has 0 spiro atoms. The van der Waals surface area contributed by atoms with Crippen molar-refractivity contribution in [2.24, 2.45) is 0 Å². The predicted molar refractivity (Wildman–Crippen MR) is 86.4 cm³/mol. The average Bonchev–Trinajstić information content (AvgIpc) is 3.15. The van der Waals surface area contributed by atoms with E-state index in [1.54, 1.807) is 22.7 Å². The summed E-state index contributed by atoms with van der Waals surface area (Å²) in [4.78, 5) is 27.2. The molecule has 116 valence electrons. The number of nitrogens with zero attached hydrogens (tertiary/aromatic N) is 1. The van der Waals surface area contributed by atoms with Crippen LogP contribution < -0.4 is 5.32 Å². The summed E-state index contributed by atoms with van der Waals surface area (Å²) in [6, 6.07) is 6.32. The first-order valence-electron chi connectivity index (χ1n) is 6.97. The number of fused-ring (bicyclic) bond motifs is 1. The fraction of sp³-hybridized carbons (Fsp3) is 0.333. The Morgan fingerprint density at radius 1 is 1.32 bits per heavy atom. The van der Waals surface area contributed by atoms with Gasteiger partial charge in [0.15, 0.2) is 0 Å². The fourth-order valence-electron chi connectivity index (χ4n) is 2.73. The monoisotopic (exact) mass is 336 g/mol. The lowest BCUT2D eigenvalue weighted by atomic mass is 9.98. The number of nitrogens with one attached hydrogen (secondary N) is 1. The number of amides is 1. The zero-order valence-electron chi connectivity index (χ0n) is 11.8. The lowest BCUT2D eigenvalue weighted by molar-refractivity contribution is -0.138. The third-order valence-electron chi connectivity index (χ3n) is 3.66. The Kier molecular flexibility index (Phi) is 4.56. The molecule has 1 unspecified atom stereocenters. The molecule has 1 atom stereocenters. The molecule has 1 aliphatic rings. The van der Waals surface area contributed by atoms with Crippen molar-refractivity contribution in [2.75, 3.05) is 19.6 Å². The molecule has 1 aliphatic heterocycles. The topological polar surface area (TPSA) is 69.6 Å². The van der Waals surface area contributed by atoms with Crippen molar-refractivity contribution in [3.8, 4) is 0 Å². The third-order valence-corrected chi connectivity index (χ3v) is 5.58. The van der Waals surface area contributed by atoms with Gasteiger partial charge in [0.05, 0.1) is 12.6 Å². The molecule has 0 saturated carbocycles. The highest BCUT2D eigenvalue weighted by molar-refractivity contribution is 7.10. The number of carbonyl (C=O) groups excluding carboxylic acids is 1. The highest BCUT2D eigenvalue weighted by Crippen LogP contribution is 2.39. The van der Waals surface area contributed by atoms with Crippen LogP contribution >= 0.6 is 22.7 Å². The summed E-state index contributed by atoms with van der Waals surface area (Å²) in [5, 5.41) is 15.2. The molecular weight excluding hydrogens is 320 g/mol. The largest absolute Gasteiger partial charge is 0.480 e. The zero-order valence-corrected chi connectivity index (χ0v) is 13.5. The number of carbonyl (C=O) groups is 2. The Morgan fingerprint density at radius 3 is 2.91 bits per heavy atom. The summed E-state index contributed by atoms with van der Waals surface area (Å²) in [5.41, 5.74) is 1.27. The Morgan fingerprint density at radius 2 is 2.18 bits per heavy atom. The second-order valence-electron chi connectivity index (χ2n) is 5.11.